The number of hydrogen-bond acceptors (Lipinski definition) is 1. The number of hydrogen-bond donors (Lipinski definition) is 0. The molecule has 2 aromatic rings. The van der Waals surface area contributed by atoms with Gasteiger partial charge in [-0.05, 0) is 30.3 Å². The van der Waals surface area contributed by atoms with Crippen LogP contribution in [0, 0.1) is 11.5 Å². The summed E-state index contributed by atoms with van der Waals surface area (Å²) >= 11 is 0. The van der Waals surface area contributed by atoms with Gasteiger partial charge in [0.15, 0.2) is 8.32 Å². The topological polar surface area (TPSA) is 14.2 Å². The summed E-state index contributed by atoms with van der Waals surface area (Å²) in [5.74, 6) is 3.53. The Hall–Kier alpha value is -1.55. The van der Waals surface area contributed by atoms with E-state index in [9.17, 15) is 0 Å². The van der Waals surface area contributed by atoms with E-state index in [0.29, 0.717) is 0 Å². The molecule has 146 valence electrons. The zero-order chi connectivity index (χ0) is 20.5. The Morgan fingerprint density at radius 3 is 2.33 bits per heavy atom. The predicted molar refractivity (Wildman–Crippen MR) is 124 cm³/mol. The molecule has 1 aromatic carbocycles. The summed E-state index contributed by atoms with van der Waals surface area (Å²) in [4.78, 5) is 0. The van der Waals surface area contributed by atoms with E-state index in [4.69, 9.17) is 4.43 Å². The van der Waals surface area contributed by atoms with Crippen molar-refractivity contribution in [2.45, 2.75) is 71.2 Å². The van der Waals surface area contributed by atoms with Crippen LogP contribution in [0.25, 0.3) is 10.9 Å². The standard InChI is InChI=1S/C23H35NOSi2/c1-10-16-24-20-14-12-11-13-19(20)18-21(24)22(15-17-26(5,6)7)25-27(8,9)23(2,3)4/h10-14,18,22H,1,16H2,2-9H3. The van der Waals surface area contributed by atoms with E-state index in [2.05, 4.69) is 106 Å². The Bertz CT molecular complexity index is 870. The van der Waals surface area contributed by atoms with Crippen molar-refractivity contribution in [3.8, 4) is 11.5 Å². The molecule has 0 fully saturated rings. The number of benzene rings is 1. The molecule has 0 saturated carbocycles. The first-order chi connectivity index (χ1) is 12.4. The summed E-state index contributed by atoms with van der Waals surface area (Å²) in [5.41, 5.74) is 5.91. The van der Waals surface area contributed by atoms with Gasteiger partial charge in [0.05, 0.1) is 5.69 Å². The van der Waals surface area contributed by atoms with Gasteiger partial charge in [0.2, 0.25) is 0 Å². The number of rotatable bonds is 5. The van der Waals surface area contributed by atoms with Crippen LogP contribution in [0.1, 0.15) is 32.6 Å². The molecule has 4 heteroatoms. The van der Waals surface area contributed by atoms with Gasteiger partial charge in [-0.1, -0.05) is 70.6 Å². The molecule has 2 rings (SSSR count). The molecule has 0 saturated heterocycles. The maximum Gasteiger partial charge on any atom is 0.194 e. The number of fused-ring (bicyclic) bond motifs is 1. The Kier molecular flexibility index (Phi) is 6.31. The molecule has 0 aliphatic heterocycles. The van der Waals surface area contributed by atoms with Crippen molar-refractivity contribution in [2.24, 2.45) is 0 Å². The highest BCUT2D eigenvalue weighted by Gasteiger charge is 2.39. The third-order valence-electron chi connectivity index (χ3n) is 5.22. The Morgan fingerprint density at radius 2 is 1.78 bits per heavy atom. The van der Waals surface area contributed by atoms with Crippen LogP contribution in [0.3, 0.4) is 0 Å². The summed E-state index contributed by atoms with van der Waals surface area (Å²) in [6, 6.07) is 10.7. The fourth-order valence-corrected chi connectivity index (χ4v) is 4.39. The Morgan fingerprint density at radius 1 is 1.15 bits per heavy atom. The van der Waals surface area contributed by atoms with Crippen LogP contribution in [0.4, 0.5) is 0 Å². The van der Waals surface area contributed by atoms with Crippen molar-refractivity contribution in [1.29, 1.82) is 0 Å². The van der Waals surface area contributed by atoms with Crippen LogP contribution < -0.4 is 0 Å². The summed E-state index contributed by atoms with van der Waals surface area (Å²) in [6.07, 6.45) is 1.75. The van der Waals surface area contributed by atoms with Crippen molar-refractivity contribution in [2.75, 3.05) is 0 Å². The lowest BCUT2D eigenvalue weighted by Gasteiger charge is -2.38. The summed E-state index contributed by atoms with van der Waals surface area (Å²) in [6.45, 7) is 23.0. The largest absolute Gasteiger partial charge is 0.398 e. The van der Waals surface area contributed by atoms with Crippen LogP contribution in [-0.2, 0) is 11.0 Å². The first-order valence-corrected chi connectivity index (χ1v) is 16.2. The van der Waals surface area contributed by atoms with Gasteiger partial charge in [0.1, 0.15) is 14.2 Å². The van der Waals surface area contributed by atoms with E-state index in [1.165, 1.54) is 10.9 Å². The summed E-state index contributed by atoms with van der Waals surface area (Å²) in [5, 5.41) is 1.37. The molecule has 2 nitrogen and oxygen atoms in total. The van der Waals surface area contributed by atoms with Crippen molar-refractivity contribution in [3.05, 3.63) is 48.7 Å². The summed E-state index contributed by atoms with van der Waals surface area (Å²) < 4.78 is 9.14. The van der Waals surface area contributed by atoms with Gasteiger partial charge in [-0.25, -0.2) is 0 Å². The van der Waals surface area contributed by atoms with Crippen molar-refractivity contribution >= 4 is 27.3 Å². The molecule has 27 heavy (non-hydrogen) atoms. The average Bonchev–Trinajstić information content (AvgIpc) is 2.89. The fraction of sp³-hybridized carbons (Fsp3) is 0.478. The molecule has 0 radical (unpaired) electrons. The molecule has 1 atom stereocenters. The highest BCUT2D eigenvalue weighted by atomic mass is 28.4. The lowest BCUT2D eigenvalue weighted by molar-refractivity contribution is 0.230. The molecular formula is C23H35NOSi2. The zero-order valence-corrected chi connectivity index (χ0v) is 20.3. The lowest BCUT2D eigenvalue weighted by Crippen LogP contribution is -2.42. The minimum absolute atomic E-state index is 0.140. The van der Waals surface area contributed by atoms with Gasteiger partial charge >= 0.3 is 0 Å². The van der Waals surface area contributed by atoms with Crippen molar-refractivity contribution in [1.82, 2.24) is 4.57 Å². The van der Waals surface area contributed by atoms with Gasteiger partial charge in [-0.3, -0.25) is 0 Å². The average molecular weight is 398 g/mol. The van der Waals surface area contributed by atoms with E-state index < -0.39 is 16.4 Å². The number of nitrogens with zero attached hydrogens (tertiary/aromatic N) is 1. The van der Waals surface area contributed by atoms with E-state index in [1.54, 1.807) is 0 Å². The molecule has 0 aliphatic carbocycles. The Balaban J connectivity index is 2.63. The smallest absolute Gasteiger partial charge is 0.194 e. The number of allylic oxidation sites excluding steroid dienone is 1. The molecule has 0 aliphatic rings. The third kappa shape index (κ3) is 5.25. The van der Waals surface area contributed by atoms with Gasteiger partial charge in [0, 0.05) is 17.4 Å². The lowest BCUT2D eigenvalue weighted by atomic mass is 10.2. The molecule has 0 spiro atoms. The molecule has 1 aromatic heterocycles. The van der Waals surface area contributed by atoms with E-state index >= 15 is 0 Å². The fourth-order valence-electron chi connectivity index (χ4n) is 2.70. The second-order valence-corrected chi connectivity index (χ2v) is 19.3. The quantitative estimate of drug-likeness (QED) is 0.308. The van der Waals surface area contributed by atoms with E-state index in [1.807, 2.05) is 6.08 Å². The highest BCUT2D eigenvalue weighted by Crippen LogP contribution is 2.40. The number of aromatic nitrogens is 1. The predicted octanol–water partition coefficient (Wildman–Crippen LogP) is 6.77. The van der Waals surface area contributed by atoms with Gasteiger partial charge in [0.25, 0.3) is 0 Å². The van der Waals surface area contributed by atoms with Crippen LogP contribution in [0.2, 0.25) is 37.8 Å². The first kappa shape index (κ1) is 21.8. The van der Waals surface area contributed by atoms with Crippen LogP contribution in [0.15, 0.2) is 43.0 Å². The molecule has 1 unspecified atom stereocenters. The van der Waals surface area contributed by atoms with Crippen LogP contribution >= 0.6 is 0 Å². The van der Waals surface area contributed by atoms with E-state index in [0.717, 1.165) is 12.2 Å². The molecule has 0 N–H and O–H groups in total. The molecule has 1 heterocycles. The van der Waals surface area contributed by atoms with Crippen molar-refractivity contribution < 1.29 is 4.43 Å². The van der Waals surface area contributed by atoms with Crippen molar-refractivity contribution in [3.63, 3.8) is 0 Å². The minimum Gasteiger partial charge on any atom is -0.398 e. The van der Waals surface area contributed by atoms with Gasteiger partial charge < -0.3 is 8.99 Å². The Labute approximate surface area is 167 Å². The zero-order valence-electron chi connectivity index (χ0n) is 18.3. The monoisotopic (exact) mass is 397 g/mol. The first-order valence-electron chi connectivity index (χ1n) is 9.75. The maximum atomic E-state index is 6.83. The molecule has 0 bridgehead atoms. The third-order valence-corrected chi connectivity index (χ3v) is 10.6. The second kappa shape index (κ2) is 7.83. The second-order valence-electron chi connectivity index (χ2n) is 9.80. The minimum atomic E-state index is -1.97. The highest BCUT2D eigenvalue weighted by molar-refractivity contribution is 6.83. The van der Waals surface area contributed by atoms with Gasteiger partial charge in [-0.15, -0.1) is 12.1 Å². The molecular weight excluding hydrogens is 362 g/mol. The summed E-state index contributed by atoms with van der Waals surface area (Å²) in [7, 11) is -3.47. The van der Waals surface area contributed by atoms with Crippen LogP contribution in [0.5, 0.6) is 0 Å². The van der Waals surface area contributed by atoms with Gasteiger partial charge in [-0.2, -0.15) is 0 Å². The van der Waals surface area contributed by atoms with E-state index in [-0.39, 0.29) is 11.1 Å². The maximum absolute atomic E-state index is 6.83. The normalized spacial score (nSPS) is 13.9. The SMILES string of the molecule is C=CCn1c(C(C#C[Si](C)(C)C)O[Si](C)(C)C(C)(C)C)cc2ccccc21. The number of para-hydroxylation sites is 1. The molecule has 0 amide bonds. The van der Waals surface area contributed by atoms with Crippen LogP contribution in [-0.4, -0.2) is 21.0 Å².